The Morgan fingerprint density at radius 3 is 2.20 bits per heavy atom. The van der Waals surface area contributed by atoms with E-state index in [0.29, 0.717) is 5.56 Å². The number of para-hydroxylation sites is 4. The van der Waals surface area contributed by atoms with Crippen molar-refractivity contribution in [1.29, 1.82) is 0 Å². The number of aromatic nitrogens is 1. The third-order valence-corrected chi connectivity index (χ3v) is 6.69. The second-order valence-corrected chi connectivity index (χ2v) is 8.59. The monoisotopic (exact) mass is 454 g/mol. The molecule has 0 aliphatic rings. The Balaban J connectivity index is 1.77. The van der Waals surface area contributed by atoms with Crippen molar-refractivity contribution >= 4 is 49.4 Å². The van der Waals surface area contributed by atoms with Gasteiger partial charge in [0.05, 0.1) is 21.5 Å². The van der Waals surface area contributed by atoms with Gasteiger partial charge in [-0.3, -0.25) is 10.1 Å². The van der Waals surface area contributed by atoms with E-state index < -0.39 is 0 Å². The molecule has 2 heterocycles. The van der Waals surface area contributed by atoms with Gasteiger partial charge in [-0.1, -0.05) is 66.7 Å². The molecule has 0 unspecified atom stereocenters. The topological polar surface area (TPSA) is 61.2 Å². The third kappa shape index (κ3) is 2.75. The van der Waals surface area contributed by atoms with Crippen LogP contribution in [0.4, 0.5) is 5.69 Å². The van der Waals surface area contributed by atoms with Gasteiger partial charge < -0.3 is 8.98 Å². The van der Waals surface area contributed by atoms with Gasteiger partial charge in [-0.05, 0) is 36.4 Å². The molecule has 5 aromatic carbocycles. The molecule has 0 spiro atoms. The van der Waals surface area contributed by atoms with Crippen molar-refractivity contribution in [3.8, 4) is 16.8 Å². The van der Waals surface area contributed by atoms with Crippen molar-refractivity contribution in [1.82, 2.24) is 4.57 Å². The summed E-state index contributed by atoms with van der Waals surface area (Å²) in [5.74, 6) is 0. The highest BCUT2D eigenvalue weighted by atomic mass is 16.6. The summed E-state index contributed by atoms with van der Waals surface area (Å²) in [5.41, 5.74) is 5.94. The first-order valence-corrected chi connectivity index (χ1v) is 11.4. The van der Waals surface area contributed by atoms with Crippen LogP contribution in [0.3, 0.4) is 0 Å². The molecule has 0 N–H and O–H groups in total. The quantitative estimate of drug-likeness (QED) is 0.199. The number of hydrogen-bond donors (Lipinski definition) is 0. The maximum absolute atomic E-state index is 12.0. The van der Waals surface area contributed by atoms with Gasteiger partial charge in [0, 0.05) is 38.9 Å². The van der Waals surface area contributed by atoms with Gasteiger partial charge in [-0.15, -0.1) is 0 Å². The van der Waals surface area contributed by atoms with E-state index in [2.05, 4.69) is 34.9 Å². The average molecular weight is 454 g/mol. The lowest BCUT2D eigenvalue weighted by Gasteiger charge is -2.10. The normalized spacial score (nSPS) is 11.7. The van der Waals surface area contributed by atoms with Crippen LogP contribution >= 0.6 is 0 Å². The standard InChI is InChI=1S/C30H18N2O3/c33-32(34)26-16-8-5-12-20(26)23-18-24-21-13-4-7-15-25(21)31(19-10-2-1-3-11-19)29(24)30-28(23)22-14-6-9-17-27(22)35-30/h1-18H. The minimum atomic E-state index is -0.319. The Kier molecular flexibility index (Phi) is 4.08. The summed E-state index contributed by atoms with van der Waals surface area (Å²) >= 11 is 0. The van der Waals surface area contributed by atoms with Crippen LogP contribution in [-0.4, -0.2) is 9.49 Å². The largest absolute Gasteiger partial charge is 0.454 e. The first-order chi connectivity index (χ1) is 17.2. The van der Waals surface area contributed by atoms with Crippen molar-refractivity contribution < 1.29 is 9.34 Å². The molecule has 166 valence electrons. The molecule has 0 saturated heterocycles. The summed E-state index contributed by atoms with van der Waals surface area (Å²) in [6.07, 6.45) is 0. The summed E-state index contributed by atoms with van der Waals surface area (Å²) in [6, 6.07) is 35.3. The van der Waals surface area contributed by atoms with Crippen molar-refractivity contribution in [3.05, 3.63) is 119 Å². The Morgan fingerprint density at radius 2 is 1.37 bits per heavy atom. The van der Waals surface area contributed by atoms with E-state index in [0.717, 1.165) is 55.0 Å². The fourth-order valence-corrected chi connectivity index (χ4v) is 5.25. The molecule has 7 aromatic rings. The molecule has 0 atom stereocenters. The predicted octanol–water partition coefficient (Wildman–Crippen LogP) is 8.26. The van der Waals surface area contributed by atoms with Gasteiger partial charge in [0.15, 0.2) is 5.58 Å². The van der Waals surface area contributed by atoms with Crippen LogP contribution in [0, 0.1) is 10.1 Å². The van der Waals surface area contributed by atoms with Crippen LogP contribution in [-0.2, 0) is 0 Å². The van der Waals surface area contributed by atoms with Gasteiger partial charge >= 0.3 is 0 Å². The smallest absolute Gasteiger partial charge is 0.277 e. The number of fused-ring (bicyclic) bond motifs is 7. The van der Waals surface area contributed by atoms with E-state index in [1.165, 1.54) is 0 Å². The van der Waals surface area contributed by atoms with Gasteiger partial charge in [0.1, 0.15) is 5.58 Å². The fraction of sp³-hybridized carbons (Fsp3) is 0. The average Bonchev–Trinajstić information content (AvgIpc) is 3.45. The number of furan rings is 1. The third-order valence-electron chi connectivity index (χ3n) is 6.69. The molecule has 35 heavy (non-hydrogen) atoms. The second-order valence-electron chi connectivity index (χ2n) is 8.59. The highest BCUT2D eigenvalue weighted by molar-refractivity contribution is 6.26. The number of rotatable bonds is 3. The van der Waals surface area contributed by atoms with E-state index in [-0.39, 0.29) is 10.6 Å². The van der Waals surface area contributed by atoms with E-state index in [1.807, 2.05) is 66.7 Å². The van der Waals surface area contributed by atoms with Crippen molar-refractivity contribution in [3.63, 3.8) is 0 Å². The van der Waals surface area contributed by atoms with Crippen LogP contribution in [0.2, 0.25) is 0 Å². The predicted molar refractivity (Wildman–Crippen MR) is 140 cm³/mol. The summed E-state index contributed by atoms with van der Waals surface area (Å²) in [6.45, 7) is 0. The van der Waals surface area contributed by atoms with Gasteiger partial charge in [-0.2, -0.15) is 0 Å². The zero-order valence-corrected chi connectivity index (χ0v) is 18.5. The number of nitro benzene ring substituents is 1. The molecule has 0 fully saturated rings. The molecule has 0 amide bonds. The molecule has 0 aliphatic heterocycles. The summed E-state index contributed by atoms with van der Waals surface area (Å²) in [7, 11) is 0. The van der Waals surface area contributed by atoms with Crippen LogP contribution in [0.15, 0.2) is 114 Å². The van der Waals surface area contributed by atoms with Crippen LogP contribution in [0.25, 0.3) is 60.6 Å². The highest BCUT2D eigenvalue weighted by Crippen LogP contribution is 2.46. The zero-order valence-electron chi connectivity index (χ0n) is 18.5. The highest BCUT2D eigenvalue weighted by Gasteiger charge is 2.25. The van der Waals surface area contributed by atoms with Crippen molar-refractivity contribution in [2.24, 2.45) is 0 Å². The molecule has 0 radical (unpaired) electrons. The lowest BCUT2D eigenvalue weighted by molar-refractivity contribution is -0.384. The van der Waals surface area contributed by atoms with Crippen LogP contribution < -0.4 is 0 Å². The van der Waals surface area contributed by atoms with E-state index in [9.17, 15) is 10.1 Å². The van der Waals surface area contributed by atoms with Crippen molar-refractivity contribution in [2.45, 2.75) is 0 Å². The number of nitro groups is 1. The Hall–Kier alpha value is -4.90. The summed E-state index contributed by atoms with van der Waals surface area (Å²) < 4.78 is 8.75. The minimum Gasteiger partial charge on any atom is -0.454 e. The number of nitrogens with zero attached hydrogens (tertiary/aromatic N) is 2. The minimum absolute atomic E-state index is 0.0743. The van der Waals surface area contributed by atoms with E-state index in [4.69, 9.17) is 4.42 Å². The van der Waals surface area contributed by atoms with Crippen LogP contribution in [0.1, 0.15) is 0 Å². The summed E-state index contributed by atoms with van der Waals surface area (Å²) in [5, 5.41) is 15.8. The number of benzene rings is 5. The maximum atomic E-state index is 12.0. The Labute approximate surface area is 199 Å². The SMILES string of the molecule is O=[N+]([O-])c1ccccc1-c1cc2c3ccccc3n(-c3ccccc3)c2c2oc3ccccc3c12. The molecule has 5 heteroatoms. The molecular formula is C30H18N2O3. The van der Waals surface area contributed by atoms with Gasteiger partial charge in [0.25, 0.3) is 5.69 Å². The zero-order chi connectivity index (χ0) is 23.5. The van der Waals surface area contributed by atoms with Gasteiger partial charge in [-0.25, -0.2) is 0 Å². The van der Waals surface area contributed by atoms with E-state index >= 15 is 0 Å². The second kappa shape index (κ2) is 7.30. The molecular weight excluding hydrogens is 436 g/mol. The Morgan fingerprint density at radius 1 is 0.686 bits per heavy atom. The van der Waals surface area contributed by atoms with Crippen LogP contribution in [0.5, 0.6) is 0 Å². The van der Waals surface area contributed by atoms with E-state index in [1.54, 1.807) is 12.1 Å². The lowest BCUT2D eigenvalue weighted by Crippen LogP contribution is -1.95. The Bertz CT molecular complexity index is 1930. The lowest BCUT2D eigenvalue weighted by atomic mass is 9.95. The number of hydrogen-bond acceptors (Lipinski definition) is 3. The molecule has 7 rings (SSSR count). The first-order valence-electron chi connectivity index (χ1n) is 11.4. The molecule has 2 aromatic heterocycles. The molecule has 0 bridgehead atoms. The molecule has 0 saturated carbocycles. The van der Waals surface area contributed by atoms with Gasteiger partial charge in [0.2, 0.25) is 0 Å². The summed E-state index contributed by atoms with van der Waals surface area (Å²) in [4.78, 5) is 11.7. The molecule has 5 nitrogen and oxygen atoms in total. The molecule has 0 aliphatic carbocycles. The fourth-order valence-electron chi connectivity index (χ4n) is 5.25. The van der Waals surface area contributed by atoms with Crippen molar-refractivity contribution in [2.75, 3.05) is 0 Å². The maximum Gasteiger partial charge on any atom is 0.277 e. The first kappa shape index (κ1) is 19.6.